The minimum Gasteiger partial charge on any atom is -0.336 e. The molecule has 3 rings (SSSR count). The number of carbonyl (C=O) groups excluding carboxylic acids is 1. The first kappa shape index (κ1) is 18.1. The maximum Gasteiger partial charge on any atom is 0.233 e. The summed E-state index contributed by atoms with van der Waals surface area (Å²) < 4.78 is 0. The summed E-state index contributed by atoms with van der Waals surface area (Å²) in [6, 6.07) is 8.78. The Hall–Kier alpha value is -0.670. The van der Waals surface area contributed by atoms with Gasteiger partial charge in [-0.3, -0.25) is 4.79 Å². The predicted molar refractivity (Wildman–Crippen MR) is 103 cm³/mol. The van der Waals surface area contributed by atoms with Gasteiger partial charge in [-0.25, -0.2) is 0 Å². The molecule has 2 saturated carbocycles. The molecule has 0 unspecified atom stereocenters. The van der Waals surface area contributed by atoms with Gasteiger partial charge in [0.1, 0.15) is 0 Å². The Morgan fingerprint density at radius 1 is 0.917 bits per heavy atom. The maximum absolute atomic E-state index is 13.1. The summed E-state index contributed by atoms with van der Waals surface area (Å²) in [7, 11) is 0. The Kier molecular flexibility index (Phi) is 6.91. The predicted octanol–water partition coefficient (Wildman–Crippen LogP) is 5.93. The van der Waals surface area contributed by atoms with E-state index >= 15 is 0 Å². The van der Waals surface area contributed by atoms with Crippen molar-refractivity contribution in [3.05, 3.63) is 29.3 Å². The molecule has 0 spiro atoms. The van der Waals surface area contributed by atoms with Crippen LogP contribution in [0.25, 0.3) is 0 Å². The highest BCUT2D eigenvalue weighted by molar-refractivity contribution is 8.00. The van der Waals surface area contributed by atoms with Crippen molar-refractivity contribution in [2.24, 2.45) is 0 Å². The molecule has 0 atom stereocenters. The molecular formula is C20H28ClNOS. The zero-order chi connectivity index (χ0) is 16.8. The third-order valence-corrected chi connectivity index (χ3v) is 6.65. The molecule has 132 valence electrons. The second kappa shape index (κ2) is 9.15. The largest absolute Gasteiger partial charge is 0.336 e. The fourth-order valence-corrected chi connectivity index (χ4v) is 5.07. The number of halogens is 1. The standard InChI is InChI=1S/C20H28ClNOS/c21-16-11-13-19(14-12-16)24-15-20(23)22(17-7-3-1-4-8-17)18-9-5-2-6-10-18/h11-14,17-18H,1-10,15H2. The number of hydrogen-bond acceptors (Lipinski definition) is 2. The van der Waals surface area contributed by atoms with Gasteiger partial charge in [-0.1, -0.05) is 50.1 Å². The van der Waals surface area contributed by atoms with Gasteiger partial charge in [0.15, 0.2) is 0 Å². The summed E-state index contributed by atoms with van der Waals surface area (Å²) in [5.74, 6) is 0.892. The quantitative estimate of drug-likeness (QED) is 0.603. The van der Waals surface area contributed by atoms with Gasteiger partial charge in [0.25, 0.3) is 0 Å². The van der Waals surface area contributed by atoms with Crippen molar-refractivity contribution >= 4 is 29.3 Å². The van der Waals surface area contributed by atoms with E-state index in [0.717, 1.165) is 9.92 Å². The molecule has 2 aliphatic rings. The zero-order valence-electron chi connectivity index (χ0n) is 14.4. The minimum atomic E-state index is 0.341. The van der Waals surface area contributed by atoms with Crippen LogP contribution in [-0.4, -0.2) is 28.6 Å². The first-order valence-electron chi connectivity index (χ1n) is 9.43. The monoisotopic (exact) mass is 365 g/mol. The van der Waals surface area contributed by atoms with Gasteiger partial charge in [-0.05, 0) is 49.9 Å². The van der Waals surface area contributed by atoms with Crippen LogP contribution in [0.1, 0.15) is 64.2 Å². The summed E-state index contributed by atoms with van der Waals surface area (Å²) in [6.45, 7) is 0. The molecule has 2 fully saturated rings. The van der Waals surface area contributed by atoms with E-state index in [4.69, 9.17) is 11.6 Å². The number of nitrogens with zero attached hydrogens (tertiary/aromatic N) is 1. The normalized spacial score (nSPS) is 20.0. The van der Waals surface area contributed by atoms with E-state index in [9.17, 15) is 4.79 Å². The molecular weight excluding hydrogens is 338 g/mol. The number of carbonyl (C=O) groups is 1. The van der Waals surface area contributed by atoms with Crippen molar-refractivity contribution in [1.29, 1.82) is 0 Å². The van der Waals surface area contributed by atoms with E-state index < -0.39 is 0 Å². The zero-order valence-corrected chi connectivity index (χ0v) is 16.0. The highest BCUT2D eigenvalue weighted by atomic mass is 35.5. The Labute approximate surface area is 155 Å². The molecule has 0 aromatic heterocycles. The average molecular weight is 366 g/mol. The number of thioether (sulfide) groups is 1. The van der Waals surface area contributed by atoms with Gasteiger partial charge in [0, 0.05) is 22.0 Å². The molecule has 0 saturated heterocycles. The Morgan fingerprint density at radius 2 is 1.42 bits per heavy atom. The molecule has 2 aliphatic carbocycles. The smallest absolute Gasteiger partial charge is 0.233 e. The molecule has 1 amide bonds. The lowest BCUT2D eigenvalue weighted by Crippen LogP contribution is -2.49. The number of hydrogen-bond donors (Lipinski definition) is 0. The number of benzene rings is 1. The van der Waals surface area contributed by atoms with Crippen molar-refractivity contribution in [3.63, 3.8) is 0 Å². The average Bonchev–Trinajstić information content (AvgIpc) is 2.63. The van der Waals surface area contributed by atoms with Crippen molar-refractivity contribution in [3.8, 4) is 0 Å². The van der Waals surface area contributed by atoms with Crippen LogP contribution in [0.3, 0.4) is 0 Å². The lowest BCUT2D eigenvalue weighted by atomic mass is 9.88. The summed E-state index contributed by atoms with van der Waals surface area (Å²) in [5.41, 5.74) is 0. The second-order valence-electron chi connectivity index (χ2n) is 7.13. The van der Waals surface area contributed by atoms with Crippen LogP contribution < -0.4 is 0 Å². The summed E-state index contributed by atoms with van der Waals surface area (Å²) in [4.78, 5) is 16.5. The van der Waals surface area contributed by atoms with E-state index in [-0.39, 0.29) is 0 Å². The number of amides is 1. The van der Waals surface area contributed by atoms with Crippen LogP contribution in [0.4, 0.5) is 0 Å². The van der Waals surface area contributed by atoms with Crippen LogP contribution in [0.2, 0.25) is 5.02 Å². The van der Waals surface area contributed by atoms with Crippen molar-refractivity contribution in [2.75, 3.05) is 5.75 Å². The molecule has 4 heteroatoms. The Bertz CT molecular complexity index is 503. The van der Waals surface area contributed by atoms with Crippen LogP contribution >= 0.6 is 23.4 Å². The SMILES string of the molecule is O=C(CSc1ccc(Cl)cc1)N(C1CCCCC1)C1CCCCC1. The summed E-state index contributed by atoms with van der Waals surface area (Å²) in [5, 5.41) is 0.747. The molecule has 0 aliphatic heterocycles. The van der Waals surface area contributed by atoms with E-state index in [1.165, 1.54) is 64.2 Å². The van der Waals surface area contributed by atoms with E-state index in [1.807, 2.05) is 24.3 Å². The highest BCUT2D eigenvalue weighted by Gasteiger charge is 2.32. The molecule has 1 aromatic carbocycles. The minimum absolute atomic E-state index is 0.341. The lowest BCUT2D eigenvalue weighted by molar-refractivity contribution is -0.135. The second-order valence-corrected chi connectivity index (χ2v) is 8.61. The third-order valence-electron chi connectivity index (χ3n) is 5.40. The first-order valence-corrected chi connectivity index (χ1v) is 10.8. The molecule has 0 bridgehead atoms. The fraction of sp³-hybridized carbons (Fsp3) is 0.650. The molecule has 0 heterocycles. The van der Waals surface area contributed by atoms with Crippen LogP contribution in [0.15, 0.2) is 29.2 Å². The van der Waals surface area contributed by atoms with Gasteiger partial charge >= 0.3 is 0 Å². The Morgan fingerprint density at radius 3 is 1.92 bits per heavy atom. The van der Waals surface area contributed by atoms with Crippen LogP contribution in [0, 0.1) is 0 Å². The molecule has 2 nitrogen and oxygen atoms in total. The maximum atomic E-state index is 13.1. The molecule has 24 heavy (non-hydrogen) atoms. The van der Waals surface area contributed by atoms with E-state index in [2.05, 4.69) is 4.90 Å². The van der Waals surface area contributed by atoms with Crippen molar-refractivity contribution in [1.82, 2.24) is 4.90 Å². The van der Waals surface area contributed by atoms with E-state index in [1.54, 1.807) is 11.8 Å². The fourth-order valence-electron chi connectivity index (χ4n) is 4.17. The topological polar surface area (TPSA) is 20.3 Å². The Balaban J connectivity index is 1.64. The van der Waals surface area contributed by atoms with Crippen molar-refractivity contribution in [2.45, 2.75) is 81.2 Å². The van der Waals surface area contributed by atoms with Gasteiger partial charge in [-0.15, -0.1) is 11.8 Å². The van der Waals surface area contributed by atoms with Gasteiger partial charge in [-0.2, -0.15) is 0 Å². The van der Waals surface area contributed by atoms with Gasteiger partial charge < -0.3 is 4.90 Å². The highest BCUT2D eigenvalue weighted by Crippen LogP contribution is 2.31. The molecule has 0 radical (unpaired) electrons. The first-order chi connectivity index (χ1) is 11.7. The number of rotatable bonds is 5. The van der Waals surface area contributed by atoms with Crippen molar-refractivity contribution < 1.29 is 4.79 Å². The lowest BCUT2D eigenvalue weighted by Gasteiger charge is -2.41. The van der Waals surface area contributed by atoms with Crippen LogP contribution in [0.5, 0.6) is 0 Å². The van der Waals surface area contributed by atoms with E-state index in [0.29, 0.717) is 23.7 Å². The summed E-state index contributed by atoms with van der Waals surface area (Å²) in [6.07, 6.45) is 12.6. The summed E-state index contributed by atoms with van der Waals surface area (Å²) >= 11 is 7.59. The third kappa shape index (κ3) is 4.92. The molecule has 0 N–H and O–H groups in total. The van der Waals surface area contributed by atoms with Gasteiger partial charge in [0.05, 0.1) is 5.75 Å². The van der Waals surface area contributed by atoms with Crippen LogP contribution in [-0.2, 0) is 4.79 Å². The van der Waals surface area contributed by atoms with Gasteiger partial charge in [0.2, 0.25) is 5.91 Å². The molecule has 1 aromatic rings.